The van der Waals surface area contributed by atoms with Crippen LogP contribution in [0, 0.1) is 6.92 Å². The van der Waals surface area contributed by atoms with Crippen molar-refractivity contribution < 1.29 is 9.26 Å². The van der Waals surface area contributed by atoms with Gasteiger partial charge in [0.1, 0.15) is 23.3 Å². The number of nitrogens with one attached hydrogen (secondary N) is 2. The molecule has 7 heteroatoms. The van der Waals surface area contributed by atoms with Crippen LogP contribution in [0.4, 0.5) is 0 Å². The number of hydrogen-bond acceptors (Lipinski definition) is 4. The van der Waals surface area contributed by atoms with Crippen LogP contribution in [-0.4, -0.2) is 23.3 Å². The molecule has 0 saturated heterocycles. The molecule has 0 radical (unpaired) electrons. The molecule has 0 atom stereocenters. The van der Waals surface area contributed by atoms with Crippen molar-refractivity contribution in [3.05, 3.63) is 47.3 Å². The van der Waals surface area contributed by atoms with E-state index in [2.05, 4.69) is 45.9 Å². The number of aromatic nitrogens is 1. The van der Waals surface area contributed by atoms with Gasteiger partial charge in [-0.3, -0.25) is 0 Å². The Balaban J connectivity index is 0.00000338. The maximum atomic E-state index is 6.09. The molecule has 0 aliphatic heterocycles. The zero-order valence-electron chi connectivity index (χ0n) is 16.1. The van der Waals surface area contributed by atoms with Crippen molar-refractivity contribution in [2.45, 2.75) is 53.3 Å². The number of halogens is 1. The fraction of sp³-hybridized carbons (Fsp3) is 0.474. The molecule has 1 aromatic heterocycles. The Morgan fingerprint density at radius 3 is 2.62 bits per heavy atom. The predicted molar refractivity (Wildman–Crippen MR) is 115 cm³/mol. The van der Waals surface area contributed by atoms with E-state index in [0.717, 1.165) is 29.5 Å². The molecule has 0 bridgehead atoms. The Hall–Kier alpha value is -1.77. The fourth-order valence-corrected chi connectivity index (χ4v) is 2.23. The highest BCUT2D eigenvalue weighted by atomic mass is 127. The third-order valence-electron chi connectivity index (χ3n) is 3.32. The van der Waals surface area contributed by atoms with Crippen molar-refractivity contribution in [2.75, 3.05) is 6.54 Å². The smallest absolute Gasteiger partial charge is 0.191 e. The first-order valence-electron chi connectivity index (χ1n) is 8.57. The van der Waals surface area contributed by atoms with Crippen LogP contribution in [0.5, 0.6) is 5.75 Å². The van der Waals surface area contributed by atoms with Gasteiger partial charge in [0.05, 0.1) is 13.1 Å². The van der Waals surface area contributed by atoms with Gasteiger partial charge in [-0.25, -0.2) is 4.99 Å². The van der Waals surface area contributed by atoms with Gasteiger partial charge in [-0.05, 0) is 46.2 Å². The molecule has 1 aromatic carbocycles. The lowest BCUT2D eigenvalue weighted by molar-refractivity contribution is 0.129. The maximum absolute atomic E-state index is 6.09. The normalized spacial score (nSPS) is 11.7. The number of aliphatic imine (C=N–C) groups is 1. The van der Waals surface area contributed by atoms with Crippen molar-refractivity contribution in [3.8, 4) is 5.75 Å². The summed E-state index contributed by atoms with van der Waals surface area (Å²) in [6, 6.07) is 8.04. The summed E-state index contributed by atoms with van der Waals surface area (Å²) in [6.45, 7) is 12.1. The van der Waals surface area contributed by atoms with Gasteiger partial charge in [0, 0.05) is 18.2 Å². The number of nitrogens with zero attached hydrogens (tertiary/aromatic N) is 2. The van der Waals surface area contributed by atoms with Crippen LogP contribution < -0.4 is 15.4 Å². The monoisotopic (exact) mass is 472 g/mol. The number of aryl methyl sites for hydroxylation is 1. The second-order valence-electron chi connectivity index (χ2n) is 6.87. The van der Waals surface area contributed by atoms with E-state index in [1.165, 1.54) is 5.56 Å². The molecule has 0 saturated carbocycles. The summed E-state index contributed by atoms with van der Waals surface area (Å²) in [5, 5.41) is 10.4. The van der Waals surface area contributed by atoms with Crippen LogP contribution in [-0.2, 0) is 13.1 Å². The summed E-state index contributed by atoms with van der Waals surface area (Å²) >= 11 is 0. The molecule has 0 aliphatic rings. The number of hydrogen-bond donors (Lipinski definition) is 2. The Bertz CT molecular complexity index is 694. The second kappa shape index (κ2) is 10.4. The van der Waals surface area contributed by atoms with E-state index in [-0.39, 0.29) is 29.6 Å². The lowest BCUT2D eigenvalue weighted by Gasteiger charge is -2.23. The maximum Gasteiger partial charge on any atom is 0.191 e. The summed E-state index contributed by atoms with van der Waals surface area (Å²) in [5.41, 5.74) is 2.81. The van der Waals surface area contributed by atoms with E-state index in [1.54, 1.807) is 6.26 Å². The molecule has 2 rings (SSSR count). The number of benzene rings is 1. The summed E-state index contributed by atoms with van der Waals surface area (Å²) in [7, 11) is 0. The quantitative estimate of drug-likeness (QED) is 0.378. The Morgan fingerprint density at radius 1 is 1.23 bits per heavy atom. The lowest BCUT2D eigenvalue weighted by atomic mass is 10.1. The van der Waals surface area contributed by atoms with Gasteiger partial charge in [-0.2, -0.15) is 0 Å². The van der Waals surface area contributed by atoms with Gasteiger partial charge in [-0.15, -0.1) is 24.0 Å². The molecule has 2 aromatic rings. The number of ether oxygens (including phenoxy) is 1. The average molecular weight is 472 g/mol. The van der Waals surface area contributed by atoms with E-state index in [0.29, 0.717) is 13.1 Å². The van der Waals surface area contributed by atoms with Crippen molar-refractivity contribution in [3.63, 3.8) is 0 Å². The standard InChI is InChI=1S/C19H28N4O2.HI/c1-6-20-18(22-13-16-9-10-24-23-16)21-12-15-8-7-14(2)11-17(15)25-19(3,4)5;/h7-11H,6,12-13H2,1-5H3,(H2,20,21,22);1H. The van der Waals surface area contributed by atoms with Gasteiger partial charge in [0.15, 0.2) is 5.96 Å². The first kappa shape index (κ1) is 22.3. The molecule has 0 aliphatic carbocycles. The van der Waals surface area contributed by atoms with Crippen molar-refractivity contribution in [2.24, 2.45) is 4.99 Å². The van der Waals surface area contributed by atoms with E-state index in [9.17, 15) is 0 Å². The molecule has 2 N–H and O–H groups in total. The van der Waals surface area contributed by atoms with E-state index in [4.69, 9.17) is 9.26 Å². The highest BCUT2D eigenvalue weighted by molar-refractivity contribution is 14.0. The first-order chi connectivity index (χ1) is 11.9. The number of rotatable bonds is 6. The van der Waals surface area contributed by atoms with Gasteiger partial charge >= 0.3 is 0 Å². The summed E-state index contributed by atoms with van der Waals surface area (Å²) in [6.07, 6.45) is 1.56. The molecule has 6 nitrogen and oxygen atoms in total. The molecule has 0 spiro atoms. The van der Waals surface area contributed by atoms with E-state index >= 15 is 0 Å². The fourth-order valence-electron chi connectivity index (χ4n) is 2.23. The minimum atomic E-state index is -0.248. The van der Waals surface area contributed by atoms with Crippen LogP contribution in [0.3, 0.4) is 0 Å². The van der Waals surface area contributed by atoms with Crippen molar-refractivity contribution >= 4 is 29.9 Å². The molecular formula is C19H29IN4O2. The zero-order chi connectivity index (χ0) is 18.3. The van der Waals surface area contributed by atoms with Crippen molar-refractivity contribution in [1.82, 2.24) is 15.8 Å². The molecule has 144 valence electrons. The van der Waals surface area contributed by atoms with Crippen molar-refractivity contribution in [1.29, 1.82) is 0 Å². The zero-order valence-corrected chi connectivity index (χ0v) is 18.5. The highest BCUT2D eigenvalue weighted by Gasteiger charge is 2.15. The highest BCUT2D eigenvalue weighted by Crippen LogP contribution is 2.25. The van der Waals surface area contributed by atoms with E-state index < -0.39 is 0 Å². The topological polar surface area (TPSA) is 71.7 Å². The largest absolute Gasteiger partial charge is 0.488 e. The lowest BCUT2D eigenvalue weighted by Crippen LogP contribution is -2.36. The minimum absolute atomic E-state index is 0. The second-order valence-corrected chi connectivity index (χ2v) is 6.87. The molecule has 26 heavy (non-hydrogen) atoms. The third-order valence-corrected chi connectivity index (χ3v) is 3.32. The van der Waals surface area contributed by atoms with Gasteiger partial charge in [-0.1, -0.05) is 17.3 Å². The van der Waals surface area contributed by atoms with Crippen LogP contribution >= 0.6 is 24.0 Å². The number of guanidine groups is 1. The van der Waals surface area contributed by atoms with Gasteiger partial charge in [0.25, 0.3) is 0 Å². The summed E-state index contributed by atoms with van der Waals surface area (Å²) < 4.78 is 10.9. The Labute approximate surface area is 172 Å². The molecule has 1 heterocycles. The Morgan fingerprint density at radius 2 is 2.00 bits per heavy atom. The van der Waals surface area contributed by atoms with Gasteiger partial charge < -0.3 is 19.9 Å². The predicted octanol–water partition coefficient (Wildman–Crippen LogP) is 4.03. The summed E-state index contributed by atoms with van der Waals surface area (Å²) in [5.74, 6) is 1.61. The van der Waals surface area contributed by atoms with Crippen LogP contribution in [0.1, 0.15) is 44.5 Å². The molecule has 0 unspecified atom stereocenters. The SMILES string of the molecule is CCNC(=NCc1ccc(C)cc1OC(C)(C)C)NCc1ccon1.I. The minimum Gasteiger partial charge on any atom is -0.488 e. The molecule has 0 fully saturated rings. The first-order valence-corrected chi connectivity index (χ1v) is 8.57. The van der Waals surface area contributed by atoms with Crippen LogP contribution in [0.15, 0.2) is 40.0 Å². The average Bonchev–Trinajstić information content (AvgIpc) is 3.03. The van der Waals surface area contributed by atoms with Crippen LogP contribution in [0.25, 0.3) is 0 Å². The third kappa shape index (κ3) is 7.63. The molecular weight excluding hydrogens is 443 g/mol. The van der Waals surface area contributed by atoms with Crippen LogP contribution in [0.2, 0.25) is 0 Å². The molecule has 0 amide bonds. The Kier molecular flexibility index (Phi) is 8.91. The summed E-state index contributed by atoms with van der Waals surface area (Å²) in [4.78, 5) is 4.66. The van der Waals surface area contributed by atoms with E-state index in [1.807, 2.05) is 33.8 Å². The van der Waals surface area contributed by atoms with Gasteiger partial charge in [0.2, 0.25) is 0 Å².